The average Bonchev–Trinajstić information content (AvgIpc) is 2.96. The zero-order valence-corrected chi connectivity index (χ0v) is 13.7. The molecule has 22 heavy (non-hydrogen) atoms. The topological polar surface area (TPSA) is 47.6 Å². The summed E-state index contributed by atoms with van der Waals surface area (Å²) in [5.74, 6) is 0. The van der Waals surface area contributed by atoms with Gasteiger partial charge in [-0.05, 0) is 46.9 Å². The molecule has 110 valence electrons. The number of nitriles is 2. The molecule has 2 nitrogen and oxygen atoms in total. The second-order valence-corrected chi connectivity index (χ2v) is 7.07. The Morgan fingerprint density at radius 3 is 2.55 bits per heavy atom. The Morgan fingerprint density at radius 2 is 1.91 bits per heavy atom. The minimum atomic E-state index is 0.0696. The quantitative estimate of drug-likeness (QED) is 0.554. The molecule has 1 heterocycles. The first kappa shape index (κ1) is 16.0. The van der Waals surface area contributed by atoms with Gasteiger partial charge < -0.3 is 0 Å². The van der Waals surface area contributed by atoms with Crippen molar-refractivity contribution in [3.8, 4) is 12.1 Å². The third-order valence-corrected chi connectivity index (χ3v) is 4.32. The van der Waals surface area contributed by atoms with E-state index in [0.29, 0.717) is 0 Å². The molecular formula is C19H18N2S. The van der Waals surface area contributed by atoms with E-state index in [1.807, 2.05) is 36.4 Å². The third kappa shape index (κ3) is 4.32. The van der Waals surface area contributed by atoms with Crippen LogP contribution in [0.4, 0.5) is 0 Å². The summed E-state index contributed by atoms with van der Waals surface area (Å²) in [5, 5.41) is 20.2. The van der Waals surface area contributed by atoms with Crippen molar-refractivity contribution in [3.63, 3.8) is 0 Å². The predicted octanol–water partition coefficient (Wildman–Crippen LogP) is 5.41. The van der Waals surface area contributed by atoms with E-state index in [2.05, 4.69) is 37.4 Å². The van der Waals surface area contributed by atoms with Crippen LogP contribution in [0.2, 0.25) is 0 Å². The van der Waals surface area contributed by atoms with Gasteiger partial charge in [-0.2, -0.15) is 10.5 Å². The molecule has 0 saturated carbocycles. The lowest BCUT2D eigenvalue weighted by Crippen LogP contribution is -2.17. The van der Waals surface area contributed by atoms with Crippen LogP contribution in [-0.4, -0.2) is 0 Å². The van der Waals surface area contributed by atoms with Gasteiger partial charge in [-0.25, -0.2) is 0 Å². The molecule has 0 unspecified atom stereocenters. The second kappa shape index (κ2) is 7.07. The molecule has 0 saturated heterocycles. The lowest BCUT2D eigenvalue weighted by atomic mass is 9.74. The molecule has 0 fully saturated rings. The fraction of sp³-hybridized carbons (Fsp3) is 0.263. The average molecular weight is 306 g/mol. The van der Waals surface area contributed by atoms with Gasteiger partial charge in [0.25, 0.3) is 0 Å². The molecule has 0 radical (unpaired) electrons. The van der Waals surface area contributed by atoms with Crippen molar-refractivity contribution in [2.24, 2.45) is 5.41 Å². The number of hydrogen-bond donors (Lipinski definition) is 0. The molecule has 0 spiro atoms. The maximum absolute atomic E-state index is 9.07. The van der Waals surface area contributed by atoms with Crippen LogP contribution < -0.4 is 0 Å². The molecule has 3 heteroatoms. The van der Waals surface area contributed by atoms with E-state index in [1.54, 1.807) is 11.3 Å². The number of hydrogen-bond acceptors (Lipinski definition) is 3. The first-order valence-electron chi connectivity index (χ1n) is 7.16. The standard InChI is InChI=1S/C19H18N2S/c1-19(2)11-15(10-16(12-19)17(13-20)14-21)6-3-4-7-18-8-5-9-22-18/h3-10H,11-12H2,1-2H3/b6-3+,7-4+. The van der Waals surface area contributed by atoms with Gasteiger partial charge in [-0.15, -0.1) is 11.3 Å². The molecule has 0 bridgehead atoms. The van der Waals surface area contributed by atoms with E-state index >= 15 is 0 Å². The number of rotatable bonds is 3. The highest BCUT2D eigenvalue weighted by Gasteiger charge is 2.26. The SMILES string of the molecule is CC1(C)CC(/C=C/C=C/c2cccs2)=CC(=C(C#N)C#N)C1. The first-order valence-corrected chi connectivity index (χ1v) is 8.04. The monoisotopic (exact) mass is 306 g/mol. The Morgan fingerprint density at radius 1 is 1.18 bits per heavy atom. The van der Waals surface area contributed by atoms with Crippen LogP contribution in [0.3, 0.4) is 0 Å². The molecule has 0 aromatic carbocycles. The maximum atomic E-state index is 9.07. The molecule has 1 aromatic rings. The van der Waals surface area contributed by atoms with E-state index in [0.717, 1.165) is 24.0 Å². The van der Waals surface area contributed by atoms with Gasteiger partial charge in [0.1, 0.15) is 17.7 Å². The van der Waals surface area contributed by atoms with E-state index in [-0.39, 0.29) is 11.0 Å². The second-order valence-electron chi connectivity index (χ2n) is 6.09. The van der Waals surface area contributed by atoms with Gasteiger partial charge in [0.2, 0.25) is 0 Å². The lowest BCUT2D eigenvalue weighted by molar-refractivity contribution is 0.354. The number of nitrogens with zero attached hydrogens (tertiary/aromatic N) is 2. The van der Waals surface area contributed by atoms with Crippen LogP contribution in [0.15, 0.2) is 58.5 Å². The minimum Gasteiger partial charge on any atom is -0.192 e. The molecule has 0 aliphatic heterocycles. The lowest BCUT2D eigenvalue weighted by Gasteiger charge is -2.30. The van der Waals surface area contributed by atoms with Crippen molar-refractivity contribution in [3.05, 3.63) is 63.4 Å². The summed E-state index contributed by atoms with van der Waals surface area (Å²) in [4.78, 5) is 1.22. The minimum absolute atomic E-state index is 0.0696. The summed E-state index contributed by atoms with van der Waals surface area (Å²) < 4.78 is 0. The molecule has 2 rings (SSSR count). The van der Waals surface area contributed by atoms with Crippen molar-refractivity contribution in [1.29, 1.82) is 10.5 Å². The predicted molar refractivity (Wildman–Crippen MR) is 91.8 cm³/mol. The van der Waals surface area contributed by atoms with E-state index in [4.69, 9.17) is 10.5 Å². The molecule has 1 aromatic heterocycles. The highest BCUT2D eigenvalue weighted by molar-refractivity contribution is 7.10. The summed E-state index contributed by atoms with van der Waals surface area (Å²) in [6.07, 6.45) is 11.9. The Kier molecular flexibility index (Phi) is 5.15. The molecule has 1 aliphatic carbocycles. The largest absolute Gasteiger partial charge is 0.192 e. The van der Waals surface area contributed by atoms with Gasteiger partial charge in [0, 0.05) is 4.88 Å². The van der Waals surface area contributed by atoms with Gasteiger partial charge in [-0.1, -0.05) is 44.2 Å². The van der Waals surface area contributed by atoms with Gasteiger partial charge in [0.15, 0.2) is 0 Å². The van der Waals surface area contributed by atoms with Crippen LogP contribution >= 0.6 is 11.3 Å². The number of allylic oxidation sites excluding steroid dienone is 7. The fourth-order valence-electron chi connectivity index (χ4n) is 2.61. The molecule has 1 aliphatic rings. The van der Waals surface area contributed by atoms with Crippen LogP contribution in [0.1, 0.15) is 31.6 Å². The van der Waals surface area contributed by atoms with Crippen LogP contribution in [0, 0.1) is 28.1 Å². The normalized spacial score (nSPS) is 17.3. The smallest absolute Gasteiger partial charge is 0.132 e. The summed E-state index contributed by atoms with van der Waals surface area (Å²) >= 11 is 1.70. The van der Waals surface area contributed by atoms with Crippen molar-refractivity contribution < 1.29 is 0 Å². The van der Waals surface area contributed by atoms with Crippen LogP contribution in [0.5, 0.6) is 0 Å². The maximum Gasteiger partial charge on any atom is 0.132 e. The molecular weight excluding hydrogens is 288 g/mol. The van der Waals surface area contributed by atoms with Gasteiger partial charge >= 0.3 is 0 Å². The fourth-order valence-corrected chi connectivity index (χ4v) is 3.24. The highest BCUT2D eigenvalue weighted by Crippen LogP contribution is 2.39. The zero-order valence-electron chi connectivity index (χ0n) is 12.8. The molecule has 0 atom stereocenters. The highest BCUT2D eigenvalue weighted by atomic mass is 32.1. The van der Waals surface area contributed by atoms with Crippen LogP contribution in [0.25, 0.3) is 6.08 Å². The van der Waals surface area contributed by atoms with Crippen LogP contribution in [-0.2, 0) is 0 Å². The van der Waals surface area contributed by atoms with Crippen molar-refractivity contribution in [1.82, 2.24) is 0 Å². The zero-order chi connectivity index (χ0) is 16.0. The Hall–Kier alpha value is -2.36. The van der Waals surface area contributed by atoms with Gasteiger partial charge in [-0.3, -0.25) is 0 Å². The van der Waals surface area contributed by atoms with Crippen molar-refractivity contribution >= 4 is 17.4 Å². The van der Waals surface area contributed by atoms with E-state index in [9.17, 15) is 0 Å². The third-order valence-electron chi connectivity index (χ3n) is 3.48. The Bertz CT molecular complexity index is 713. The molecule has 0 amide bonds. The van der Waals surface area contributed by atoms with Gasteiger partial charge in [0.05, 0.1) is 0 Å². The summed E-state index contributed by atoms with van der Waals surface area (Å²) in [6.45, 7) is 4.34. The Balaban J connectivity index is 2.20. The molecule has 0 N–H and O–H groups in total. The summed E-state index contributed by atoms with van der Waals surface area (Å²) in [6, 6.07) is 8.11. The van der Waals surface area contributed by atoms with E-state index < -0.39 is 0 Å². The Labute approximate surface area is 136 Å². The summed E-state index contributed by atoms with van der Waals surface area (Å²) in [5.41, 5.74) is 2.31. The van der Waals surface area contributed by atoms with Crippen molar-refractivity contribution in [2.75, 3.05) is 0 Å². The summed E-state index contributed by atoms with van der Waals surface area (Å²) in [7, 11) is 0. The first-order chi connectivity index (χ1) is 10.5. The number of thiophene rings is 1. The van der Waals surface area contributed by atoms with E-state index in [1.165, 1.54) is 4.88 Å². The van der Waals surface area contributed by atoms with Crippen molar-refractivity contribution in [2.45, 2.75) is 26.7 Å².